The van der Waals surface area contributed by atoms with Gasteiger partial charge in [-0.1, -0.05) is 18.2 Å². The summed E-state index contributed by atoms with van der Waals surface area (Å²) in [7, 11) is 3.80. The highest BCUT2D eigenvalue weighted by Crippen LogP contribution is 2.32. The van der Waals surface area contributed by atoms with Gasteiger partial charge in [-0.15, -0.1) is 0 Å². The number of methoxy groups -OCH3 is 1. The Kier molecular flexibility index (Phi) is 3.98. The maximum absolute atomic E-state index is 6.17. The molecule has 2 aromatic carbocycles. The third-order valence-corrected chi connectivity index (χ3v) is 5.09. The Labute approximate surface area is 147 Å². The third-order valence-electron chi connectivity index (χ3n) is 5.09. The van der Waals surface area contributed by atoms with Crippen molar-refractivity contribution in [1.82, 2.24) is 9.55 Å². The number of H-pyrrole nitrogens is 1. The molecule has 3 N–H and O–H groups in total. The molecule has 1 unspecified atom stereocenters. The standard InChI is InChI=1S/C21H23N3O/c1-24-13-15(17-5-3-4-6-21(17)24)9-14(11-22)19-12-23-20-8-7-16(25-2)10-18(19)20/h3-8,10,12-14,23H,9,11,22H2,1-2H3. The molecule has 4 heteroatoms. The van der Waals surface area contributed by atoms with Gasteiger partial charge < -0.3 is 20.0 Å². The van der Waals surface area contributed by atoms with Gasteiger partial charge in [-0.05, 0) is 48.4 Å². The van der Waals surface area contributed by atoms with Crippen LogP contribution in [0.4, 0.5) is 0 Å². The lowest BCUT2D eigenvalue weighted by Gasteiger charge is -2.14. The SMILES string of the molecule is COc1ccc2[nH]cc(C(CN)Cc3cn(C)c4ccccc34)c2c1. The topological polar surface area (TPSA) is 56.0 Å². The molecule has 2 heterocycles. The van der Waals surface area contributed by atoms with E-state index in [4.69, 9.17) is 10.5 Å². The second kappa shape index (κ2) is 6.30. The first-order valence-electron chi connectivity index (χ1n) is 8.59. The average Bonchev–Trinajstić information content (AvgIpc) is 3.21. The smallest absolute Gasteiger partial charge is 0.119 e. The van der Waals surface area contributed by atoms with E-state index in [-0.39, 0.29) is 5.92 Å². The number of ether oxygens (including phenoxy) is 1. The minimum atomic E-state index is 0.256. The predicted octanol–water partition coefficient (Wildman–Crippen LogP) is 3.95. The Balaban J connectivity index is 1.75. The molecular formula is C21H23N3O. The number of nitrogens with two attached hydrogens (primary N) is 1. The molecule has 0 saturated heterocycles. The van der Waals surface area contributed by atoms with E-state index < -0.39 is 0 Å². The predicted molar refractivity (Wildman–Crippen MR) is 103 cm³/mol. The molecule has 1 atom stereocenters. The van der Waals surface area contributed by atoms with Crippen molar-refractivity contribution in [3.63, 3.8) is 0 Å². The van der Waals surface area contributed by atoms with Crippen molar-refractivity contribution in [2.45, 2.75) is 12.3 Å². The second-order valence-electron chi connectivity index (χ2n) is 6.57. The molecule has 0 spiro atoms. The van der Waals surface area contributed by atoms with Crippen molar-refractivity contribution in [1.29, 1.82) is 0 Å². The molecule has 4 rings (SSSR count). The van der Waals surface area contributed by atoms with Gasteiger partial charge in [0.25, 0.3) is 0 Å². The summed E-state index contributed by atoms with van der Waals surface area (Å²) >= 11 is 0. The van der Waals surface area contributed by atoms with Crippen LogP contribution in [0.25, 0.3) is 21.8 Å². The van der Waals surface area contributed by atoms with Gasteiger partial charge in [-0.3, -0.25) is 0 Å². The summed E-state index contributed by atoms with van der Waals surface area (Å²) in [6.45, 7) is 0.605. The summed E-state index contributed by atoms with van der Waals surface area (Å²) in [6.07, 6.45) is 5.23. The molecule has 0 fully saturated rings. The fourth-order valence-electron chi connectivity index (χ4n) is 3.76. The van der Waals surface area contributed by atoms with Gasteiger partial charge in [0.05, 0.1) is 7.11 Å². The van der Waals surface area contributed by atoms with E-state index in [9.17, 15) is 0 Å². The van der Waals surface area contributed by atoms with E-state index >= 15 is 0 Å². The van der Waals surface area contributed by atoms with Gasteiger partial charge in [0.1, 0.15) is 5.75 Å². The summed E-state index contributed by atoms with van der Waals surface area (Å²) in [5, 5.41) is 2.50. The van der Waals surface area contributed by atoms with Crippen LogP contribution in [0.15, 0.2) is 54.9 Å². The van der Waals surface area contributed by atoms with Crippen molar-refractivity contribution in [3.8, 4) is 5.75 Å². The Bertz CT molecular complexity index is 1030. The number of aromatic amines is 1. The lowest BCUT2D eigenvalue weighted by molar-refractivity contribution is 0.415. The monoisotopic (exact) mass is 333 g/mol. The fraction of sp³-hybridized carbons (Fsp3) is 0.238. The van der Waals surface area contributed by atoms with E-state index in [0.29, 0.717) is 6.54 Å². The molecule has 25 heavy (non-hydrogen) atoms. The minimum absolute atomic E-state index is 0.256. The molecule has 4 nitrogen and oxygen atoms in total. The summed E-state index contributed by atoms with van der Waals surface area (Å²) in [5.74, 6) is 1.13. The maximum Gasteiger partial charge on any atom is 0.119 e. The number of aromatic nitrogens is 2. The summed E-state index contributed by atoms with van der Waals surface area (Å²) in [6, 6.07) is 14.7. The molecule has 0 saturated carbocycles. The van der Waals surface area contributed by atoms with Crippen LogP contribution < -0.4 is 10.5 Å². The largest absolute Gasteiger partial charge is 0.497 e. The summed E-state index contributed by atoms with van der Waals surface area (Å²) in [5.41, 5.74) is 11.1. The zero-order valence-electron chi connectivity index (χ0n) is 14.6. The number of hydrogen-bond acceptors (Lipinski definition) is 2. The average molecular weight is 333 g/mol. The van der Waals surface area contributed by atoms with Gasteiger partial charge in [-0.2, -0.15) is 0 Å². The lowest BCUT2D eigenvalue weighted by Crippen LogP contribution is -2.14. The number of fused-ring (bicyclic) bond motifs is 2. The number of rotatable bonds is 5. The van der Waals surface area contributed by atoms with Crippen LogP contribution in [0.5, 0.6) is 5.75 Å². The molecule has 128 valence electrons. The molecule has 0 bridgehead atoms. The number of hydrogen-bond donors (Lipinski definition) is 2. The van der Waals surface area contributed by atoms with Crippen LogP contribution in [-0.2, 0) is 13.5 Å². The van der Waals surface area contributed by atoms with Gasteiger partial charge in [0, 0.05) is 47.2 Å². The lowest BCUT2D eigenvalue weighted by atomic mass is 9.91. The first-order chi connectivity index (χ1) is 12.2. The quantitative estimate of drug-likeness (QED) is 0.581. The van der Waals surface area contributed by atoms with E-state index in [1.54, 1.807) is 7.11 Å². The fourth-order valence-corrected chi connectivity index (χ4v) is 3.76. The van der Waals surface area contributed by atoms with Crippen molar-refractivity contribution in [3.05, 3.63) is 66.0 Å². The van der Waals surface area contributed by atoms with Crippen molar-refractivity contribution < 1.29 is 4.74 Å². The van der Waals surface area contributed by atoms with Gasteiger partial charge in [-0.25, -0.2) is 0 Å². The molecule has 0 radical (unpaired) electrons. The molecule has 0 aliphatic carbocycles. The van der Waals surface area contributed by atoms with Crippen molar-refractivity contribution >= 4 is 21.8 Å². The highest BCUT2D eigenvalue weighted by molar-refractivity contribution is 5.86. The van der Waals surface area contributed by atoms with Crippen molar-refractivity contribution in [2.75, 3.05) is 13.7 Å². The Morgan fingerprint density at radius 2 is 2.00 bits per heavy atom. The number of benzene rings is 2. The van der Waals surface area contributed by atoms with Crippen molar-refractivity contribution in [2.24, 2.45) is 12.8 Å². The normalized spacial score (nSPS) is 12.8. The second-order valence-corrected chi connectivity index (χ2v) is 6.57. The molecule has 0 aliphatic heterocycles. The third kappa shape index (κ3) is 2.68. The molecule has 0 amide bonds. The van der Waals surface area contributed by atoms with Crippen LogP contribution in [0.1, 0.15) is 17.0 Å². The van der Waals surface area contributed by atoms with Gasteiger partial charge in [0.15, 0.2) is 0 Å². The summed E-state index contributed by atoms with van der Waals surface area (Å²) in [4.78, 5) is 3.37. The number of nitrogens with zero attached hydrogens (tertiary/aromatic N) is 1. The van der Waals surface area contributed by atoms with Crippen LogP contribution in [0, 0.1) is 0 Å². The first kappa shape index (κ1) is 15.8. The van der Waals surface area contributed by atoms with Crippen LogP contribution in [0.2, 0.25) is 0 Å². The number of para-hydroxylation sites is 1. The van der Waals surface area contributed by atoms with E-state index in [1.807, 2.05) is 6.07 Å². The Hall–Kier alpha value is -2.72. The molecule has 2 aromatic heterocycles. The minimum Gasteiger partial charge on any atom is -0.497 e. The molecule has 0 aliphatic rings. The van der Waals surface area contributed by atoms with Crippen LogP contribution >= 0.6 is 0 Å². The Morgan fingerprint density at radius 1 is 1.16 bits per heavy atom. The highest BCUT2D eigenvalue weighted by atomic mass is 16.5. The van der Waals surface area contributed by atoms with Crippen LogP contribution in [0.3, 0.4) is 0 Å². The van der Waals surface area contributed by atoms with Crippen LogP contribution in [-0.4, -0.2) is 23.2 Å². The maximum atomic E-state index is 6.17. The van der Waals surface area contributed by atoms with E-state index in [0.717, 1.165) is 17.7 Å². The number of aryl methyl sites for hydroxylation is 1. The van der Waals surface area contributed by atoms with Gasteiger partial charge in [0.2, 0.25) is 0 Å². The van der Waals surface area contributed by atoms with E-state index in [1.165, 1.54) is 27.4 Å². The van der Waals surface area contributed by atoms with Gasteiger partial charge >= 0.3 is 0 Å². The molecular weight excluding hydrogens is 310 g/mol. The summed E-state index contributed by atoms with van der Waals surface area (Å²) < 4.78 is 7.58. The Morgan fingerprint density at radius 3 is 2.80 bits per heavy atom. The highest BCUT2D eigenvalue weighted by Gasteiger charge is 2.18. The zero-order chi connectivity index (χ0) is 17.4. The molecule has 4 aromatic rings. The first-order valence-corrected chi connectivity index (χ1v) is 8.59. The van der Waals surface area contributed by atoms with E-state index in [2.05, 4.69) is 65.4 Å². The zero-order valence-corrected chi connectivity index (χ0v) is 14.6. The number of nitrogens with one attached hydrogen (secondary N) is 1.